The number of nitrogens with one attached hydrogen (secondary N) is 3. The first-order chi connectivity index (χ1) is 15.3. The molecule has 3 unspecified atom stereocenters. The Kier molecular flexibility index (Phi) is 13.2. The van der Waals surface area contributed by atoms with E-state index in [4.69, 9.17) is 33.1 Å². The van der Waals surface area contributed by atoms with E-state index in [1.165, 1.54) is 0 Å². The molecule has 4 amide bonds. The second-order valence-electron chi connectivity index (χ2n) is 6.90. The Morgan fingerprint density at radius 1 is 0.879 bits per heavy atom. The van der Waals surface area contributed by atoms with Crippen LogP contribution < -0.4 is 38.9 Å². The topological polar surface area (TPSA) is 295 Å². The van der Waals surface area contributed by atoms with Gasteiger partial charge in [-0.25, -0.2) is 4.79 Å². The lowest BCUT2D eigenvalue weighted by atomic mass is 10.1. The van der Waals surface area contributed by atoms with Gasteiger partial charge in [-0.2, -0.15) is 0 Å². The first-order valence-corrected chi connectivity index (χ1v) is 9.74. The molecule has 0 bridgehead atoms. The lowest BCUT2D eigenvalue weighted by Crippen LogP contribution is -2.54. The molecular formula is C17H30N8O8. The van der Waals surface area contributed by atoms with Gasteiger partial charge in [0.15, 0.2) is 5.96 Å². The number of primary amides is 1. The van der Waals surface area contributed by atoms with Crippen LogP contribution in [0.15, 0.2) is 4.99 Å². The molecule has 3 atom stereocenters. The summed E-state index contributed by atoms with van der Waals surface area (Å²) in [7, 11) is 0. The van der Waals surface area contributed by atoms with Crippen molar-refractivity contribution in [2.45, 2.75) is 50.2 Å². The van der Waals surface area contributed by atoms with Crippen molar-refractivity contribution in [1.82, 2.24) is 16.0 Å². The van der Waals surface area contributed by atoms with E-state index in [1.807, 2.05) is 5.32 Å². The van der Waals surface area contributed by atoms with Crippen molar-refractivity contribution in [2.24, 2.45) is 27.9 Å². The Hall–Kier alpha value is -3.95. The Balaban J connectivity index is 4.87. The molecule has 16 nitrogen and oxygen atoms in total. The van der Waals surface area contributed by atoms with Crippen LogP contribution in [0, 0.1) is 0 Å². The molecule has 0 radical (unpaired) electrons. The number of carboxylic acids is 2. The first-order valence-electron chi connectivity index (χ1n) is 9.74. The molecule has 16 heteroatoms. The first kappa shape index (κ1) is 29.0. The molecule has 0 aliphatic carbocycles. The summed E-state index contributed by atoms with van der Waals surface area (Å²) >= 11 is 0. The third-order valence-corrected chi connectivity index (χ3v) is 4.05. The number of nitrogens with zero attached hydrogens (tertiary/aromatic N) is 1. The molecule has 0 rings (SSSR count). The van der Waals surface area contributed by atoms with Gasteiger partial charge < -0.3 is 49.1 Å². The van der Waals surface area contributed by atoms with Crippen molar-refractivity contribution < 1.29 is 39.0 Å². The van der Waals surface area contributed by atoms with E-state index in [0.717, 1.165) is 0 Å². The molecule has 0 aliphatic heterocycles. The van der Waals surface area contributed by atoms with Crippen molar-refractivity contribution >= 4 is 41.5 Å². The van der Waals surface area contributed by atoms with E-state index < -0.39 is 73.1 Å². The van der Waals surface area contributed by atoms with Gasteiger partial charge in [0, 0.05) is 13.0 Å². The third-order valence-electron chi connectivity index (χ3n) is 4.05. The molecule has 186 valence electrons. The highest BCUT2D eigenvalue weighted by Crippen LogP contribution is 2.01. The maximum Gasteiger partial charge on any atom is 0.326 e. The minimum Gasteiger partial charge on any atom is -0.481 e. The van der Waals surface area contributed by atoms with Gasteiger partial charge in [0.1, 0.15) is 12.1 Å². The number of aliphatic carboxylic acids is 2. The van der Waals surface area contributed by atoms with E-state index >= 15 is 0 Å². The maximum absolute atomic E-state index is 12.4. The number of hydrogen-bond acceptors (Lipinski definition) is 8. The molecule has 0 saturated heterocycles. The Bertz CT molecular complexity index is 768. The van der Waals surface area contributed by atoms with Crippen molar-refractivity contribution in [1.29, 1.82) is 0 Å². The van der Waals surface area contributed by atoms with Crippen molar-refractivity contribution in [3.05, 3.63) is 0 Å². The molecule has 0 heterocycles. The van der Waals surface area contributed by atoms with E-state index in [2.05, 4.69) is 15.6 Å². The summed E-state index contributed by atoms with van der Waals surface area (Å²) in [5, 5.41) is 24.4. The molecule has 0 aliphatic rings. The van der Waals surface area contributed by atoms with Crippen LogP contribution in [0.1, 0.15) is 32.1 Å². The maximum atomic E-state index is 12.4. The van der Waals surface area contributed by atoms with Gasteiger partial charge >= 0.3 is 11.9 Å². The Labute approximate surface area is 188 Å². The second-order valence-corrected chi connectivity index (χ2v) is 6.90. The quantitative estimate of drug-likeness (QED) is 0.0581. The number of carbonyl (C=O) groups excluding carboxylic acids is 4. The van der Waals surface area contributed by atoms with E-state index in [9.17, 15) is 28.8 Å². The van der Waals surface area contributed by atoms with Crippen LogP contribution in [0.4, 0.5) is 0 Å². The van der Waals surface area contributed by atoms with E-state index in [-0.39, 0.29) is 25.3 Å². The molecule has 0 spiro atoms. The molecular weight excluding hydrogens is 444 g/mol. The highest BCUT2D eigenvalue weighted by molar-refractivity contribution is 5.93. The summed E-state index contributed by atoms with van der Waals surface area (Å²) < 4.78 is 0. The van der Waals surface area contributed by atoms with Gasteiger partial charge in [0.05, 0.1) is 19.0 Å². The molecule has 33 heavy (non-hydrogen) atoms. The number of guanidine groups is 1. The second kappa shape index (κ2) is 15.0. The Morgan fingerprint density at radius 3 is 2.03 bits per heavy atom. The number of nitrogens with two attached hydrogens (primary N) is 4. The minimum absolute atomic E-state index is 0.101. The number of aliphatic imine (C=N–C) groups is 1. The predicted molar refractivity (Wildman–Crippen MR) is 113 cm³/mol. The van der Waals surface area contributed by atoms with Gasteiger partial charge in [0.2, 0.25) is 23.6 Å². The van der Waals surface area contributed by atoms with Crippen LogP contribution in [0.5, 0.6) is 0 Å². The van der Waals surface area contributed by atoms with Gasteiger partial charge in [0.25, 0.3) is 0 Å². The fourth-order valence-electron chi connectivity index (χ4n) is 2.40. The van der Waals surface area contributed by atoms with Gasteiger partial charge in [-0.1, -0.05) is 0 Å². The number of carboxylic acid groups (broad SMARTS) is 2. The molecule has 0 aromatic rings. The molecule has 0 aromatic carbocycles. The molecule has 0 saturated carbocycles. The Morgan fingerprint density at radius 2 is 1.52 bits per heavy atom. The summed E-state index contributed by atoms with van der Waals surface area (Å²) in [6.07, 6.45) is -0.985. The van der Waals surface area contributed by atoms with Crippen LogP contribution in [0.3, 0.4) is 0 Å². The van der Waals surface area contributed by atoms with Gasteiger partial charge in [-0.3, -0.25) is 29.0 Å². The lowest BCUT2D eigenvalue weighted by molar-refractivity contribution is -0.144. The smallest absolute Gasteiger partial charge is 0.326 e. The lowest BCUT2D eigenvalue weighted by Gasteiger charge is -2.21. The fourth-order valence-corrected chi connectivity index (χ4v) is 2.40. The fraction of sp³-hybridized carbons (Fsp3) is 0.588. The number of rotatable bonds is 16. The van der Waals surface area contributed by atoms with Crippen LogP contribution in [-0.4, -0.2) is 83.0 Å². The summed E-state index contributed by atoms with van der Waals surface area (Å²) in [6.45, 7) is -0.321. The SMILES string of the molecule is NC(=O)CC(NC(=O)C(CCC(=O)O)NC(=O)CNC(=O)C(N)CCCN=C(N)N)C(=O)O. The number of hydrogen-bond donors (Lipinski definition) is 9. The zero-order valence-corrected chi connectivity index (χ0v) is 17.8. The van der Waals surface area contributed by atoms with Crippen LogP contribution >= 0.6 is 0 Å². The van der Waals surface area contributed by atoms with Crippen molar-refractivity contribution in [3.8, 4) is 0 Å². The van der Waals surface area contributed by atoms with Crippen LogP contribution in [0.25, 0.3) is 0 Å². The molecule has 13 N–H and O–H groups in total. The van der Waals surface area contributed by atoms with Crippen LogP contribution in [0.2, 0.25) is 0 Å². The summed E-state index contributed by atoms with van der Waals surface area (Å²) in [4.78, 5) is 73.2. The monoisotopic (exact) mass is 474 g/mol. The van der Waals surface area contributed by atoms with E-state index in [1.54, 1.807) is 0 Å². The molecule has 0 fully saturated rings. The normalized spacial score (nSPS) is 13.0. The highest BCUT2D eigenvalue weighted by Gasteiger charge is 2.28. The molecule has 0 aromatic heterocycles. The predicted octanol–water partition coefficient (Wildman–Crippen LogP) is -4.72. The van der Waals surface area contributed by atoms with E-state index in [0.29, 0.717) is 6.42 Å². The number of amides is 4. The zero-order valence-electron chi connectivity index (χ0n) is 17.8. The summed E-state index contributed by atoms with van der Waals surface area (Å²) in [6, 6.07) is -4.08. The average Bonchev–Trinajstić information content (AvgIpc) is 2.70. The van der Waals surface area contributed by atoms with Crippen molar-refractivity contribution in [3.63, 3.8) is 0 Å². The summed E-state index contributed by atoms with van der Waals surface area (Å²) in [5.74, 6) is -6.47. The average molecular weight is 474 g/mol. The van der Waals surface area contributed by atoms with Gasteiger partial charge in [-0.15, -0.1) is 0 Å². The third kappa shape index (κ3) is 13.9. The minimum atomic E-state index is -1.67. The highest BCUT2D eigenvalue weighted by atomic mass is 16.4. The number of carbonyl (C=O) groups is 6. The largest absolute Gasteiger partial charge is 0.481 e. The van der Waals surface area contributed by atoms with Gasteiger partial charge in [-0.05, 0) is 19.3 Å². The van der Waals surface area contributed by atoms with Crippen LogP contribution in [-0.2, 0) is 28.8 Å². The summed E-state index contributed by atoms with van der Waals surface area (Å²) in [5.41, 5.74) is 21.0. The van der Waals surface area contributed by atoms with Crippen molar-refractivity contribution in [2.75, 3.05) is 13.1 Å². The standard InChI is InChI=1S/C17H30N8O8/c18-8(2-1-5-22-17(20)21)14(30)23-7-12(27)24-9(3-4-13(28)29)15(31)25-10(16(32)33)6-11(19)26/h8-10H,1-7,18H2,(H2,19,26)(H,23,30)(H,24,27)(H,25,31)(H,28,29)(H,32,33)(H4,20,21,22). The zero-order chi connectivity index (χ0) is 25.6.